The molecule has 194 valence electrons. The first-order valence-electron chi connectivity index (χ1n) is 13.8. The first kappa shape index (κ1) is 27.2. The zero-order valence-electron chi connectivity index (χ0n) is 21.9. The molecule has 1 N–H and O–H groups in total. The van der Waals surface area contributed by atoms with Gasteiger partial charge in [0.15, 0.2) is 0 Å². The highest BCUT2D eigenvalue weighted by molar-refractivity contribution is 6.08. The lowest BCUT2D eigenvalue weighted by atomic mass is 9.87. The molecule has 0 radical (unpaired) electrons. The van der Waals surface area contributed by atoms with Crippen LogP contribution in [0.4, 0.5) is 0 Å². The summed E-state index contributed by atoms with van der Waals surface area (Å²) >= 11 is 0. The second kappa shape index (κ2) is 13.6. The number of benzene rings is 1. The molecule has 6 heteroatoms. The van der Waals surface area contributed by atoms with E-state index in [1.54, 1.807) is 18.2 Å². The lowest BCUT2D eigenvalue weighted by Crippen LogP contribution is -2.49. The van der Waals surface area contributed by atoms with Crippen molar-refractivity contribution in [2.45, 2.75) is 116 Å². The number of hydrogen-bond donors (Lipinski definition) is 1. The van der Waals surface area contributed by atoms with E-state index >= 15 is 0 Å². The molecule has 1 aromatic rings. The van der Waals surface area contributed by atoms with Gasteiger partial charge in [0.2, 0.25) is 0 Å². The summed E-state index contributed by atoms with van der Waals surface area (Å²) in [6.45, 7) is 6.29. The highest BCUT2D eigenvalue weighted by Crippen LogP contribution is 2.32. The van der Waals surface area contributed by atoms with E-state index in [2.05, 4.69) is 10.2 Å². The van der Waals surface area contributed by atoms with Gasteiger partial charge in [0.05, 0.1) is 17.7 Å². The molecule has 0 aromatic heterocycles. The number of rotatable bonds is 10. The smallest absolute Gasteiger partial charge is 0.328 e. The van der Waals surface area contributed by atoms with Crippen LogP contribution in [0, 0.1) is 5.92 Å². The zero-order valence-corrected chi connectivity index (χ0v) is 21.9. The fourth-order valence-electron chi connectivity index (χ4n) is 5.58. The molecule has 1 atom stereocenters. The second-order valence-corrected chi connectivity index (χ2v) is 10.7. The third-order valence-corrected chi connectivity index (χ3v) is 7.32. The van der Waals surface area contributed by atoms with Crippen molar-refractivity contribution in [2.24, 2.45) is 5.92 Å². The van der Waals surface area contributed by atoms with Crippen molar-refractivity contribution in [3.05, 3.63) is 35.4 Å². The number of esters is 1. The molecule has 2 amide bonds. The molecule has 0 bridgehead atoms. The maximum Gasteiger partial charge on any atom is 0.328 e. The summed E-state index contributed by atoms with van der Waals surface area (Å²) in [7, 11) is 0. The van der Waals surface area contributed by atoms with Crippen LogP contribution in [0.25, 0.3) is 0 Å². The molecule has 2 aliphatic rings. The molecule has 2 fully saturated rings. The van der Waals surface area contributed by atoms with Crippen LogP contribution in [0.1, 0.15) is 119 Å². The fourth-order valence-corrected chi connectivity index (χ4v) is 5.58. The van der Waals surface area contributed by atoms with Gasteiger partial charge in [-0.05, 0) is 56.6 Å². The number of ether oxygens (including phenoxy) is 1. The van der Waals surface area contributed by atoms with Gasteiger partial charge in [-0.15, -0.1) is 0 Å². The lowest BCUT2D eigenvalue weighted by molar-refractivity contribution is -0.146. The number of nitrogens with one attached hydrogen (secondary N) is 1. The van der Waals surface area contributed by atoms with Gasteiger partial charge in [-0.3, -0.25) is 9.59 Å². The molecule has 0 aliphatic heterocycles. The van der Waals surface area contributed by atoms with Crippen LogP contribution >= 0.6 is 0 Å². The molecule has 3 rings (SSSR count). The van der Waals surface area contributed by atoms with Crippen LogP contribution in [-0.2, 0) is 9.53 Å². The quantitative estimate of drug-likeness (QED) is 0.420. The molecule has 0 saturated heterocycles. The molecule has 1 aromatic carbocycles. The van der Waals surface area contributed by atoms with E-state index in [4.69, 9.17) is 4.74 Å². The van der Waals surface area contributed by atoms with Crippen molar-refractivity contribution in [1.82, 2.24) is 10.2 Å². The fraction of sp³-hybridized carbons (Fsp3) is 0.690. The average Bonchev–Trinajstić information content (AvgIpc) is 2.88. The minimum absolute atomic E-state index is 0.0384. The van der Waals surface area contributed by atoms with E-state index in [1.807, 2.05) is 26.8 Å². The van der Waals surface area contributed by atoms with Gasteiger partial charge in [-0.1, -0.05) is 71.4 Å². The molecule has 1 unspecified atom stereocenters. The van der Waals surface area contributed by atoms with Gasteiger partial charge in [-0.25, -0.2) is 4.79 Å². The topological polar surface area (TPSA) is 75.7 Å². The van der Waals surface area contributed by atoms with E-state index in [9.17, 15) is 14.4 Å². The third kappa shape index (κ3) is 7.55. The van der Waals surface area contributed by atoms with E-state index in [1.165, 1.54) is 12.8 Å². The largest absolute Gasteiger partial charge is 0.464 e. The number of hydrogen-bond acceptors (Lipinski definition) is 4. The Hall–Kier alpha value is -2.37. The molecule has 6 nitrogen and oxygen atoms in total. The predicted molar refractivity (Wildman–Crippen MR) is 138 cm³/mol. The Morgan fingerprint density at radius 3 is 1.97 bits per heavy atom. The lowest BCUT2D eigenvalue weighted by Gasteiger charge is -2.42. The van der Waals surface area contributed by atoms with Gasteiger partial charge in [0.25, 0.3) is 11.8 Å². The SMILES string of the molecule is CCCOC(=O)C(CC(C)C)NC(=O)c1ccccc1C(=O)N(C1CCCCC1)C1CCCCC1. The molecule has 35 heavy (non-hydrogen) atoms. The Morgan fingerprint density at radius 2 is 1.46 bits per heavy atom. The van der Waals surface area contributed by atoms with Crippen LogP contribution in [0.15, 0.2) is 24.3 Å². The summed E-state index contributed by atoms with van der Waals surface area (Å²) in [5, 5.41) is 2.88. The van der Waals surface area contributed by atoms with Crippen LogP contribution in [0.5, 0.6) is 0 Å². The summed E-state index contributed by atoms with van der Waals surface area (Å²) < 4.78 is 5.34. The summed E-state index contributed by atoms with van der Waals surface area (Å²) in [5.41, 5.74) is 0.775. The summed E-state index contributed by atoms with van der Waals surface area (Å²) in [4.78, 5) is 42.3. The van der Waals surface area contributed by atoms with Crippen molar-refractivity contribution in [1.29, 1.82) is 0 Å². The van der Waals surface area contributed by atoms with Gasteiger partial charge in [0, 0.05) is 12.1 Å². The van der Waals surface area contributed by atoms with Crippen molar-refractivity contribution >= 4 is 17.8 Å². The van der Waals surface area contributed by atoms with Crippen molar-refractivity contribution in [2.75, 3.05) is 6.61 Å². The predicted octanol–water partition coefficient (Wildman–Crippen LogP) is 5.89. The Morgan fingerprint density at radius 1 is 0.914 bits per heavy atom. The highest BCUT2D eigenvalue weighted by atomic mass is 16.5. The van der Waals surface area contributed by atoms with E-state index in [0.717, 1.165) is 57.8 Å². The van der Waals surface area contributed by atoms with E-state index in [-0.39, 0.29) is 29.8 Å². The van der Waals surface area contributed by atoms with Crippen molar-refractivity contribution in [3.63, 3.8) is 0 Å². The van der Waals surface area contributed by atoms with Gasteiger partial charge in [0.1, 0.15) is 6.04 Å². The monoisotopic (exact) mass is 484 g/mol. The van der Waals surface area contributed by atoms with Crippen LogP contribution in [0.2, 0.25) is 0 Å². The maximum atomic E-state index is 14.1. The number of amides is 2. The first-order valence-corrected chi connectivity index (χ1v) is 13.8. The zero-order chi connectivity index (χ0) is 25.2. The second-order valence-electron chi connectivity index (χ2n) is 10.7. The summed E-state index contributed by atoms with van der Waals surface area (Å²) in [6, 6.07) is 6.83. The van der Waals surface area contributed by atoms with Crippen molar-refractivity contribution in [3.8, 4) is 0 Å². The summed E-state index contributed by atoms with van der Waals surface area (Å²) in [6.07, 6.45) is 12.4. The van der Waals surface area contributed by atoms with Crippen LogP contribution < -0.4 is 5.32 Å². The minimum atomic E-state index is -0.731. The van der Waals surface area contributed by atoms with Crippen LogP contribution in [-0.4, -0.2) is 47.4 Å². The molecular weight excluding hydrogens is 440 g/mol. The number of carbonyl (C=O) groups is 3. The minimum Gasteiger partial charge on any atom is -0.464 e. The standard InChI is InChI=1S/C29H44N2O4/c1-4-19-35-29(34)26(20-21(2)3)30-27(32)24-17-11-12-18-25(24)28(33)31(22-13-7-5-8-14-22)23-15-9-6-10-16-23/h11-12,17-18,21-23,26H,4-10,13-16,19-20H2,1-3H3,(H,30,32). The maximum absolute atomic E-state index is 14.1. The molecule has 0 heterocycles. The molecular formula is C29H44N2O4. The average molecular weight is 485 g/mol. The molecule has 0 spiro atoms. The number of nitrogens with zero attached hydrogens (tertiary/aromatic N) is 1. The van der Waals surface area contributed by atoms with Crippen molar-refractivity contribution < 1.29 is 19.1 Å². The Balaban J connectivity index is 1.85. The van der Waals surface area contributed by atoms with Gasteiger partial charge in [-0.2, -0.15) is 0 Å². The first-order chi connectivity index (χ1) is 16.9. The Kier molecular flexibility index (Phi) is 10.6. The van der Waals surface area contributed by atoms with E-state index in [0.29, 0.717) is 24.2 Å². The number of carbonyl (C=O) groups excluding carboxylic acids is 3. The molecule has 2 aliphatic carbocycles. The normalized spacial score (nSPS) is 18.2. The Labute approximate surface area is 211 Å². The summed E-state index contributed by atoms with van der Waals surface area (Å²) in [5.74, 6) is -0.632. The van der Waals surface area contributed by atoms with Crippen LogP contribution in [0.3, 0.4) is 0 Å². The van der Waals surface area contributed by atoms with E-state index < -0.39 is 12.0 Å². The highest BCUT2D eigenvalue weighted by Gasteiger charge is 2.35. The Bertz CT molecular complexity index is 823. The van der Waals surface area contributed by atoms with Gasteiger partial charge >= 0.3 is 5.97 Å². The van der Waals surface area contributed by atoms with Gasteiger partial charge < -0.3 is 15.0 Å². The molecule has 2 saturated carbocycles. The third-order valence-electron chi connectivity index (χ3n) is 7.32.